The van der Waals surface area contributed by atoms with E-state index in [1.165, 1.54) is 17.0 Å². The summed E-state index contributed by atoms with van der Waals surface area (Å²) in [6, 6.07) is 13.9. The Bertz CT molecular complexity index is 1620. The topological polar surface area (TPSA) is 99.6 Å². The van der Waals surface area contributed by atoms with E-state index in [2.05, 4.69) is 80.7 Å². The smallest absolute Gasteiger partial charge is 0.312 e. The molecule has 0 amide bonds. The van der Waals surface area contributed by atoms with Gasteiger partial charge in [0.25, 0.3) is 5.56 Å². The van der Waals surface area contributed by atoms with Gasteiger partial charge in [0.2, 0.25) is 5.75 Å². The molecule has 0 aliphatic carbocycles. The summed E-state index contributed by atoms with van der Waals surface area (Å²) < 4.78 is 10.1. The lowest BCUT2D eigenvalue weighted by atomic mass is 10.2. The number of rotatable bonds is 9. The molecule has 4 aromatic rings. The number of nitro benzene ring substituents is 1. The van der Waals surface area contributed by atoms with Gasteiger partial charge in [0.1, 0.15) is 12.4 Å². The molecule has 0 unspecified atom stereocenters. The lowest BCUT2D eigenvalue weighted by Gasteiger charge is -2.12. The molecule has 0 spiro atoms. The van der Waals surface area contributed by atoms with Gasteiger partial charge in [0.15, 0.2) is 0 Å². The summed E-state index contributed by atoms with van der Waals surface area (Å²) in [6.45, 7) is 2.13. The summed E-state index contributed by atoms with van der Waals surface area (Å²) in [6.07, 6.45) is 3.68. The van der Waals surface area contributed by atoms with Crippen LogP contribution in [0.4, 0.5) is 5.69 Å². The predicted octanol–water partition coefficient (Wildman–Crippen LogP) is 8.16. The monoisotopic (exact) mass is 768 g/mol. The van der Waals surface area contributed by atoms with Crippen LogP contribution in [-0.2, 0) is 13.0 Å². The molecule has 12 heteroatoms. The van der Waals surface area contributed by atoms with Crippen molar-refractivity contribution in [2.75, 3.05) is 0 Å². The zero-order chi connectivity index (χ0) is 27.4. The van der Waals surface area contributed by atoms with Gasteiger partial charge in [-0.25, -0.2) is 4.98 Å². The minimum atomic E-state index is -0.512. The molecule has 0 saturated carbocycles. The third-order valence-corrected chi connectivity index (χ3v) is 7.77. The van der Waals surface area contributed by atoms with E-state index in [9.17, 15) is 14.9 Å². The van der Waals surface area contributed by atoms with Gasteiger partial charge in [-0.3, -0.25) is 14.9 Å². The largest absolute Gasteiger partial charge is 0.481 e. The molecule has 196 valence electrons. The minimum absolute atomic E-state index is 0.0384. The highest BCUT2D eigenvalue weighted by atomic mass is 79.9. The minimum Gasteiger partial charge on any atom is -0.481 e. The number of halogens is 4. The van der Waals surface area contributed by atoms with Crippen LogP contribution in [0.3, 0.4) is 0 Å². The van der Waals surface area contributed by atoms with Crippen molar-refractivity contribution in [2.45, 2.75) is 32.8 Å². The number of ether oxygens (including phenoxy) is 1. The zero-order valence-electron chi connectivity index (χ0n) is 20.0. The summed E-state index contributed by atoms with van der Waals surface area (Å²) in [5.74, 6) is 0.546. The van der Waals surface area contributed by atoms with E-state index in [1.54, 1.807) is 18.2 Å². The number of hydrogen-bond acceptors (Lipinski definition) is 6. The van der Waals surface area contributed by atoms with Crippen molar-refractivity contribution in [1.29, 1.82) is 0 Å². The lowest BCUT2D eigenvalue weighted by Crippen LogP contribution is -2.22. The highest BCUT2D eigenvalue weighted by Gasteiger charge is 2.21. The Balaban J connectivity index is 1.81. The second kappa shape index (κ2) is 12.6. The number of fused-ring (bicyclic) bond motifs is 1. The number of nitrogens with zero attached hydrogens (tertiary/aromatic N) is 4. The maximum atomic E-state index is 13.4. The highest BCUT2D eigenvalue weighted by Crippen LogP contribution is 2.35. The number of benzene rings is 3. The van der Waals surface area contributed by atoms with Crippen LogP contribution in [0.25, 0.3) is 10.9 Å². The molecule has 38 heavy (non-hydrogen) atoms. The Labute approximate surface area is 251 Å². The van der Waals surface area contributed by atoms with Crippen molar-refractivity contribution in [1.82, 2.24) is 9.66 Å². The quantitative estimate of drug-likeness (QED) is 0.0972. The Morgan fingerprint density at radius 3 is 2.50 bits per heavy atom. The van der Waals surface area contributed by atoms with E-state index in [-0.39, 0.29) is 23.6 Å². The first-order valence-electron chi connectivity index (χ1n) is 11.5. The summed E-state index contributed by atoms with van der Waals surface area (Å²) in [5, 5.41) is 16.8. The van der Waals surface area contributed by atoms with Gasteiger partial charge in [-0.2, -0.15) is 9.78 Å². The molecule has 0 saturated heterocycles. The molecule has 0 N–H and O–H groups in total. The molecule has 0 bridgehead atoms. The van der Waals surface area contributed by atoms with Gasteiger partial charge >= 0.3 is 5.69 Å². The fourth-order valence-corrected chi connectivity index (χ4v) is 5.69. The van der Waals surface area contributed by atoms with E-state index < -0.39 is 4.92 Å². The van der Waals surface area contributed by atoms with Crippen LogP contribution < -0.4 is 10.3 Å². The van der Waals surface area contributed by atoms with Gasteiger partial charge in [0.05, 0.1) is 22.0 Å². The second-order valence-corrected chi connectivity index (χ2v) is 11.9. The zero-order valence-corrected chi connectivity index (χ0v) is 26.3. The summed E-state index contributed by atoms with van der Waals surface area (Å²) in [4.78, 5) is 29.5. The van der Waals surface area contributed by atoms with Crippen molar-refractivity contribution in [3.05, 3.63) is 104 Å². The Hall–Kier alpha value is -2.41. The predicted molar refractivity (Wildman–Crippen MR) is 162 cm³/mol. The summed E-state index contributed by atoms with van der Waals surface area (Å²) in [5.41, 5.74) is 1.16. The molecule has 1 heterocycles. The van der Waals surface area contributed by atoms with Crippen LogP contribution in [0.2, 0.25) is 0 Å². The van der Waals surface area contributed by atoms with E-state index >= 15 is 0 Å². The molecule has 0 radical (unpaired) electrons. The SMILES string of the molecule is CCCCc1nc2ccc(Br)cc2c(=O)n1N=Cc1cc(Br)cc([N+](=O)[O-])c1OCc1ccc(Br)cc1Br. The van der Waals surface area contributed by atoms with Gasteiger partial charge < -0.3 is 4.74 Å². The fourth-order valence-electron chi connectivity index (χ4n) is 3.71. The number of nitro groups is 1. The van der Waals surface area contributed by atoms with Crippen LogP contribution in [0.15, 0.2) is 76.3 Å². The van der Waals surface area contributed by atoms with Gasteiger partial charge in [-0.1, -0.05) is 83.1 Å². The molecular formula is C26H20Br4N4O4. The summed E-state index contributed by atoms with van der Waals surface area (Å²) >= 11 is 13.7. The van der Waals surface area contributed by atoms with Crippen LogP contribution >= 0.6 is 63.7 Å². The third kappa shape index (κ3) is 6.59. The number of aromatic nitrogens is 2. The second-order valence-electron chi connectivity index (χ2n) is 8.28. The number of aryl methyl sites for hydroxylation is 1. The van der Waals surface area contributed by atoms with Gasteiger partial charge in [0, 0.05) is 41.5 Å². The normalized spacial score (nSPS) is 11.4. The number of unbranched alkanes of at least 4 members (excludes halogenated alkanes) is 1. The maximum Gasteiger partial charge on any atom is 0.312 e. The maximum absolute atomic E-state index is 13.4. The lowest BCUT2D eigenvalue weighted by molar-refractivity contribution is -0.386. The Morgan fingerprint density at radius 1 is 1.05 bits per heavy atom. The molecular weight excluding hydrogens is 752 g/mol. The number of hydrogen-bond donors (Lipinski definition) is 0. The van der Waals surface area contributed by atoms with Crippen molar-refractivity contribution in [3.8, 4) is 5.75 Å². The van der Waals surface area contributed by atoms with Crippen LogP contribution in [-0.4, -0.2) is 20.8 Å². The standard InChI is InChI=1S/C26H20Br4N4O4/c1-2-3-4-24-32-22-8-7-17(27)10-20(22)26(35)33(24)31-13-16-9-19(29)12-23(34(36)37)25(16)38-14-15-5-6-18(28)11-21(15)30/h5-13H,2-4,14H2,1H3. The fraction of sp³-hybridized carbons (Fsp3) is 0.192. The molecule has 0 aliphatic heterocycles. The highest BCUT2D eigenvalue weighted by molar-refractivity contribution is 9.11. The van der Waals surface area contributed by atoms with Crippen LogP contribution in [0.5, 0.6) is 5.75 Å². The Morgan fingerprint density at radius 2 is 1.79 bits per heavy atom. The molecule has 1 aromatic heterocycles. The van der Waals surface area contributed by atoms with Crippen LogP contribution in [0.1, 0.15) is 36.7 Å². The molecule has 0 fully saturated rings. The average Bonchev–Trinajstić information content (AvgIpc) is 2.87. The third-order valence-electron chi connectivity index (χ3n) is 5.59. The van der Waals surface area contributed by atoms with E-state index in [0.717, 1.165) is 31.8 Å². The molecule has 0 atom stereocenters. The first-order chi connectivity index (χ1) is 18.2. The van der Waals surface area contributed by atoms with E-state index in [1.807, 2.05) is 24.3 Å². The van der Waals surface area contributed by atoms with Crippen molar-refractivity contribution >= 4 is 86.5 Å². The van der Waals surface area contributed by atoms with Gasteiger partial charge in [-0.15, -0.1) is 0 Å². The van der Waals surface area contributed by atoms with Crippen molar-refractivity contribution in [2.24, 2.45) is 5.10 Å². The Kier molecular flexibility index (Phi) is 9.50. The van der Waals surface area contributed by atoms with E-state index in [4.69, 9.17) is 4.74 Å². The van der Waals surface area contributed by atoms with Crippen molar-refractivity contribution < 1.29 is 9.66 Å². The molecule has 4 rings (SSSR count). The van der Waals surface area contributed by atoms with Crippen LogP contribution in [0, 0.1) is 10.1 Å². The first-order valence-corrected chi connectivity index (χ1v) is 14.6. The first kappa shape index (κ1) is 28.6. The van der Waals surface area contributed by atoms with Crippen molar-refractivity contribution in [3.63, 3.8) is 0 Å². The molecule has 3 aromatic carbocycles. The van der Waals surface area contributed by atoms with E-state index in [0.29, 0.717) is 33.2 Å². The molecule has 8 nitrogen and oxygen atoms in total. The summed E-state index contributed by atoms with van der Waals surface area (Å²) in [7, 11) is 0. The molecule has 0 aliphatic rings. The average molecular weight is 772 g/mol. The van der Waals surface area contributed by atoms with Gasteiger partial charge in [-0.05, 0) is 42.8 Å².